The zero-order chi connectivity index (χ0) is 8.85. The summed E-state index contributed by atoms with van der Waals surface area (Å²) in [6, 6.07) is -0.899. The van der Waals surface area contributed by atoms with Gasteiger partial charge in [0, 0.05) is 0 Å². The molecule has 3 N–H and O–H groups in total. The Labute approximate surface area is 78.5 Å². The minimum Gasteiger partial charge on any atom is -0.461 e. The van der Waals surface area contributed by atoms with Gasteiger partial charge in [0.05, 0.1) is 12.7 Å². The molecule has 5 heteroatoms. The summed E-state index contributed by atoms with van der Waals surface area (Å²) in [5, 5.41) is 8.46. The lowest BCUT2D eigenvalue weighted by Gasteiger charge is -2.13. The number of carbonyl (C=O) groups excluding carboxylic acids is 1. The third-order valence-corrected chi connectivity index (χ3v) is 1.39. The van der Waals surface area contributed by atoms with Gasteiger partial charge in [-0.1, -0.05) is 6.92 Å². The summed E-state index contributed by atoms with van der Waals surface area (Å²) in [6.07, 6.45) is 0.629. The molecule has 0 amide bonds. The summed E-state index contributed by atoms with van der Waals surface area (Å²) >= 11 is 0. The Kier molecular flexibility index (Phi) is 8.69. The largest absolute Gasteiger partial charge is 0.461 e. The van der Waals surface area contributed by atoms with Crippen molar-refractivity contribution in [1.29, 1.82) is 0 Å². The highest BCUT2D eigenvalue weighted by Crippen LogP contribution is 1.97. The average molecular weight is 198 g/mol. The van der Waals surface area contributed by atoms with Gasteiger partial charge in [-0.15, -0.1) is 12.4 Å². The molecule has 0 rings (SSSR count). The summed E-state index contributed by atoms with van der Waals surface area (Å²) in [5.74, 6) is -0.540. The Morgan fingerprint density at radius 2 is 2.17 bits per heavy atom. The van der Waals surface area contributed by atoms with Gasteiger partial charge in [-0.2, -0.15) is 0 Å². The highest BCUT2D eigenvalue weighted by Gasteiger charge is 2.15. The van der Waals surface area contributed by atoms with E-state index in [9.17, 15) is 4.79 Å². The Hall–Kier alpha value is -0.320. The lowest BCUT2D eigenvalue weighted by Crippen LogP contribution is -2.37. The predicted octanol–water partition coefficient (Wildman–Crippen LogP) is 0.0695. The van der Waals surface area contributed by atoms with E-state index < -0.39 is 12.0 Å². The van der Waals surface area contributed by atoms with Crippen molar-refractivity contribution in [3.05, 3.63) is 0 Å². The fraction of sp³-hybridized carbons (Fsp3) is 0.857. The lowest BCUT2D eigenvalue weighted by molar-refractivity contribution is -0.150. The quantitative estimate of drug-likeness (QED) is 0.626. The molecule has 74 valence electrons. The number of halogens is 1. The van der Waals surface area contributed by atoms with Gasteiger partial charge in [0.15, 0.2) is 0 Å². The van der Waals surface area contributed by atoms with Crippen LogP contribution in [0.5, 0.6) is 0 Å². The van der Waals surface area contributed by atoms with Gasteiger partial charge in [0.1, 0.15) is 6.04 Å². The lowest BCUT2D eigenvalue weighted by atomic mass is 10.3. The zero-order valence-corrected chi connectivity index (χ0v) is 8.13. The molecule has 0 bridgehead atoms. The molecule has 0 aliphatic rings. The van der Waals surface area contributed by atoms with Crippen LogP contribution in [0.3, 0.4) is 0 Å². The summed E-state index contributed by atoms with van der Waals surface area (Å²) in [4.78, 5) is 10.8. The molecule has 0 aromatic carbocycles. The molecule has 1 unspecified atom stereocenters. The number of hydrogen-bond acceptors (Lipinski definition) is 4. The number of rotatable bonds is 4. The summed E-state index contributed by atoms with van der Waals surface area (Å²) in [6.45, 7) is 3.32. The average Bonchev–Trinajstić information content (AvgIpc) is 2.02. The first-order valence-corrected chi connectivity index (χ1v) is 3.68. The third-order valence-electron chi connectivity index (χ3n) is 1.39. The molecule has 0 heterocycles. The van der Waals surface area contributed by atoms with E-state index in [1.807, 2.05) is 6.92 Å². The number of nitrogens with two attached hydrogens (primary N) is 1. The first-order chi connectivity index (χ1) is 5.11. The highest BCUT2D eigenvalue weighted by molar-refractivity contribution is 5.85. The second-order valence-electron chi connectivity index (χ2n) is 2.44. The Morgan fingerprint density at radius 3 is 2.50 bits per heavy atom. The van der Waals surface area contributed by atoms with E-state index in [0.717, 1.165) is 6.42 Å². The van der Waals surface area contributed by atoms with Crippen molar-refractivity contribution < 1.29 is 14.6 Å². The minimum atomic E-state index is -0.899. The zero-order valence-electron chi connectivity index (χ0n) is 7.32. The molecule has 2 atom stereocenters. The number of aliphatic hydroxyl groups is 1. The molecular formula is C7H16ClNO3. The summed E-state index contributed by atoms with van der Waals surface area (Å²) in [7, 11) is 0. The Morgan fingerprint density at radius 1 is 1.67 bits per heavy atom. The van der Waals surface area contributed by atoms with Crippen molar-refractivity contribution in [1.82, 2.24) is 0 Å². The van der Waals surface area contributed by atoms with E-state index >= 15 is 0 Å². The molecule has 0 aromatic heterocycles. The highest BCUT2D eigenvalue weighted by atomic mass is 35.5. The number of carbonyl (C=O) groups is 1. The second kappa shape index (κ2) is 7.34. The van der Waals surface area contributed by atoms with Crippen LogP contribution in [0.25, 0.3) is 0 Å². The van der Waals surface area contributed by atoms with Gasteiger partial charge in [-0.3, -0.25) is 4.79 Å². The fourth-order valence-electron chi connectivity index (χ4n) is 0.444. The number of ether oxygens (including phenoxy) is 1. The van der Waals surface area contributed by atoms with Crippen LogP contribution < -0.4 is 5.73 Å². The second-order valence-corrected chi connectivity index (χ2v) is 2.44. The third kappa shape index (κ3) is 5.35. The molecule has 12 heavy (non-hydrogen) atoms. The van der Waals surface area contributed by atoms with E-state index in [-0.39, 0.29) is 25.1 Å². The van der Waals surface area contributed by atoms with Gasteiger partial charge >= 0.3 is 5.97 Å². The molecule has 0 aromatic rings. The van der Waals surface area contributed by atoms with Crippen molar-refractivity contribution in [2.24, 2.45) is 5.73 Å². The molecule has 4 nitrogen and oxygen atoms in total. The van der Waals surface area contributed by atoms with Crippen LogP contribution in [0.1, 0.15) is 20.3 Å². The van der Waals surface area contributed by atoms with Crippen LogP contribution in [0.15, 0.2) is 0 Å². The molecule has 0 aliphatic heterocycles. The van der Waals surface area contributed by atoms with E-state index in [1.54, 1.807) is 6.92 Å². The van der Waals surface area contributed by atoms with Gasteiger partial charge < -0.3 is 15.6 Å². The number of hydrogen-bond donors (Lipinski definition) is 2. The predicted molar refractivity (Wildman–Crippen MR) is 48.2 cm³/mol. The van der Waals surface area contributed by atoms with Crippen molar-refractivity contribution >= 4 is 18.4 Å². The minimum absolute atomic E-state index is 0. The van der Waals surface area contributed by atoms with Crippen molar-refractivity contribution in [3.8, 4) is 0 Å². The molecule has 0 saturated carbocycles. The van der Waals surface area contributed by atoms with Gasteiger partial charge in [0.2, 0.25) is 0 Å². The Bertz CT molecular complexity index is 132. The molecule has 0 radical (unpaired) electrons. The van der Waals surface area contributed by atoms with Crippen LogP contribution in [0.2, 0.25) is 0 Å². The van der Waals surface area contributed by atoms with Crippen LogP contribution in [0, 0.1) is 0 Å². The maximum atomic E-state index is 10.8. The summed E-state index contributed by atoms with van der Waals surface area (Å²) < 4.78 is 4.83. The smallest absolute Gasteiger partial charge is 0.325 e. The maximum absolute atomic E-state index is 10.8. The molecule has 0 fully saturated rings. The normalized spacial score (nSPS) is 14.3. The first-order valence-electron chi connectivity index (χ1n) is 3.68. The van der Waals surface area contributed by atoms with Crippen molar-refractivity contribution in [3.63, 3.8) is 0 Å². The van der Waals surface area contributed by atoms with Crippen molar-refractivity contribution in [2.75, 3.05) is 6.61 Å². The Balaban J connectivity index is 0. The molecule has 0 spiro atoms. The fourth-order valence-corrected chi connectivity index (χ4v) is 0.444. The standard InChI is InChI=1S/C7H15NO3.ClH/c1-3-5(2)11-7(10)6(8)4-9;/h5-6,9H,3-4,8H2,1-2H3;1H/t5?,6-;/m0./s1. The SMILES string of the molecule is CCC(C)OC(=O)[C@@H](N)CO.Cl. The molecule has 0 saturated heterocycles. The van der Waals surface area contributed by atoms with Crippen LogP contribution in [-0.4, -0.2) is 29.8 Å². The number of esters is 1. The molecule has 0 aliphatic carbocycles. The van der Waals surface area contributed by atoms with Crippen LogP contribution in [0.4, 0.5) is 0 Å². The van der Waals surface area contributed by atoms with Gasteiger partial charge in [0.25, 0.3) is 0 Å². The summed E-state index contributed by atoms with van der Waals surface area (Å²) in [5.41, 5.74) is 5.19. The van der Waals surface area contributed by atoms with Crippen LogP contribution >= 0.6 is 12.4 Å². The van der Waals surface area contributed by atoms with E-state index in [1.165, 1.54) is 0 Å². The van der Waals surface area contributed by atoms with Gasteiger partial charge in [-0.05, 0) is 13.3 Å². The monoisotopic (exact) mass is 197 g/mol. The van der Waals surface area contributed by atoms with E-state index in [4.69, 9.17) is 15.6 Å². The molecular weight excluding hydrogens is 182 g/mol. The van der Waals surface area contributed by atoms with Gasteiger partial charge in [-0.25, -0.2) is 0 Å². The van der Waals surface area contributed by atoms with E-state index in [0.29, 0.717) is 0 Å². The van der Waals surface area contributed by atoms with E-state index in [2.05, 4.69) is 0 Å². The van der Waals surface area contributed by atoms with Crippen molar-refractivity contribution in [2.45, 2.75) is 32.4 Å². The van der Waals surface area contributed by atoms with Crippen LogP contribution in [-0.2, 0) is 9.53 Å². The first kappa shape index (κ1) is 14.2. The maximum Gasteiger partial charge on any atom is 0.325 e. The number of aliphatic hydroxyl groups excluding tert-OH is 1. The topological polar surface area (TPSA) is 72.5 Å².